The molecule has 0 aromatic rings. The lowest BCUT2D eigenvalue weighted by Crippen LogP contribution is -2.31. The topological polar surface area (TPSA) is 84.2 Å². The summed E-state index contributed by atoms with van der Waals surface area (Å²) in [5, 5.41) is 7.17. The fourth-order valence-electron chi connectivity index (χ4n) is 1.04. The minimum atomic E-state index is -3.51. The number of carbonyl (C=O) groups excluding carboxylic acids is 1. The molecule has 0 saturated carbocycles. The van der Waals surface area contributed by atoms with Crippen LogP contribution in [-0.2, 0) is 19.4 Å². The minimum absolute atomic E-state index is 0.154. The van der Waals surface area contributed by atoms with Gasteiger partial charge < -0.3 is 4.74 Å². The molecule has 6 heteroatoms. The molecule has 0 aliphatic carbocycles. The zero-order valence-electron chi connectivity index (χ0n) is 10.5. The first-order chi connectivity index (χ1) is 7.81. The number of hydrogen-bond acceptors (Lipinski definition) is 5. The van der Waals surface area contributed by atoms with Crippen LogP contribution in [0.4, 0.5) is 0 Å². The lowest BCUT2D eigenvalue weighted by atomic mass is 10.2. The Morgan fingerprint density at radius 3 is 2.41 bits per heavy atom. The van der Waals surface area contributed by atoms with Gasteiger partial charge in [0.15, 0.2) is 15.1 Å². The van der Waals surface area contributed by atoms with Gasteiger partial charge in [0.1, 0.15) is 0 Å². The molecule has 17 heavy (non-hydrogen) atoms. The Hall–Kier alpha value is -1.09. The number of rotatable bonds is 7. The van der Waals surface area contributed by atoms with Gasteiger partial charge in [-0.25, -0.2) is 8.42 Å². The molecule has 5 nitrogen and oxygen atoms in total. The van der Waals surface area contributed by atoms with Crippen LogP contribution >= 0.6 is 0 Å². The summed E-state index contributed by atoms with van der Waals surface area (Å²) in [5.41, 5.74) is 0. The molecule has 0 fully saturated rings. The van der Waals surface area contributed by atoms with E-state index in [0.717, 1.165) is 0 Å². The monoisotopic (exact) mass is 261 g/mol. The molecule has 1 atom stereocenters. The highest BCUT2D eigenvalue weighted by Crippen LogP contribution is 2.08. The fraction of sp³-hybridized carbons (Fsp3) is 0.818. The Labute approximate surface area is 103 Å². The van der Waals surface area contributed by atoms with Crippen LogP contribution in [-0.4, -0.2) is 32.0 Å². The van der Waals surface area contributed by atoms with E-state index in [9.17, 15) is 13.2 Å². The molecular formula is C11H19NO4S. The molecule has 0 spiro atoms. The van der Waals surface area contributed by atoms with Crippen molar-refractivity contribution >= 4 is 15.8 Å². The summed E-state index contributed by atoms with van der Waals surface area (Å²) >= 11 is 0. The van der Waals surface area contributed by atoms with E-state index in [1.54, 1.807) is 0 Å². The van der Waals surface area contributed by atoms with Gasteiger partial charge >= 0.3 is 5.97 Å². The molecule has 0 aromatic carbocycles. The molecule has 0 aliphatic heterocycles. The first kappa shape index (κ1) is 15.9. The third-order valence-electron chi connectivity index (χ3n) is 2.15. The smallest absolute Gasteiger partial charge is 0.324 e. The van der Waals surface area contributed by atoms with Crippen molar-refractivity contribution in [2.75, 3.05) is 12.4 Å². The lowest BCUT2D eigenvalue weighted by molar-refractivity contribution is -0.143. The number of esters is 1. The number of nitrogens with zero attached hydrogens (tertiary/aromatic N) is 1. The highest BCUT2D eigenvalue weighted by Gasteiger charge is 2.28. The Kier molecular flexibility index (Phi) is 6.81. The molecule has 0 saturated heterocycles. The van der Waals surface area contributed by atoms with E-state index >= 15 is 0 Å². The first-order valence-corrected chi connectivity index (χ1v) is 7.28. The van der Waals surface area contributed by atoms with E-state index in [-0.39, 0.29) is 31.1 Å². The molecule has 0 heterocycles. The van der Waals surface area contributed by atoms with Gasteiger partial charge in [0, 0.05) is 6.42 Å². The van der Waals surface area contributed by atoms with Crippen LogP contribution in [0.15, 0.2) is 0 Å². The predicted molar refractivity (Wildman–Crippen MR) is 63.9 cm³/mol. The maximum Gasteiger partial charge on any atom is 0.324 e. The van der Waals surface area contributed by atoms with Crippen molar-refractivity contribution < 1.29 is 17.9 Å². The quantitative estimate of drug-likeness (QED) is 0.509. The summed E-state index contributed by atoms with van der Waals surface area (Å²) in [7, 11) is -3.51. The number of unbranched alkanes of at least 4 members (excludes halogenated alkanes) is 1. The number of ether oxygens (including phenoxy) is 1. The third kappa shape index (κ3) is 6.27. The first-order valence-electron chi connectivity index (χ1n) is 5.56. The molecule has 98 valence electrons. The van der Waals surface area contributed by atoms with Crippen molar-refractivity contribution in [3.63, 3.8) is 0 Å². The van der Waals surface area contributed by atoms with Crippen LogP contribution < -0.4 is 0 Å². The van der Waals surface area contributed by atoms with Crippen molar-refractivity contribution in [3.8, 4) is 6.07 Å². The van der Waals surface area contributed by atoms with Crippen LogP contribution in [0.25, 0.3) is 0 Å². The Balaban J connectivity index is 4.32. The van der Waals surface area contributed by atoms with Crippen molar-refractivity contribution in [3.05, 3.63) is 0 Å². The molecule has 0 bridgehead atoms. The summed E-state index contributed by atoms with van der Waals surface area (Å²) in [4.78, 5) is 11.5. The maximum atomic E-state index is 11.7. The summed E-state index contributed by atoms with van der Waals surface area (Å²) < 4.78 is 28.2. The lowest BCUT2D eigenvalue weighted by Gasteiger charge is -2.13. The fourth-order valence-corrected chi connectivity index (χ4v) is 2.30. The molecule has 0 radical (unpaired) electrons. The summed E-state index contributed by atoms with van der Waals surface area (Å²) in [6.07, 6.45) is 0.424. The van der Waals surface area contributed by atoms with E-state index in [0.29, 0.717) is 0 Å². The van der Waals surface area contributed by atoms with Crippen molar-refractivity contribution in [1.82, 2.24) is 0 Å². The van der Waals surface area contributed by atoms with Crippen LogP contribution in [0.3, 0.4) is 0 Å². The standard InChI is InChI=1S/C11H19NO4S/c1-9(2)8-16-11(13)10(3)17(14,15)7-5-4-6-12/h9-10H,4-5,7-8H2,1-3H3. The molecule has 0 rings (SSSR count). The zero-order chi connectivity index (χ0) is 13.5. The summed E-state index contributed by atoms with van der Waals surface area (Å²) in [5.74, 6) is -0.693. The number of sulfone groups is 1. The highest BCUT2D eigenvalue weighted by molar-refractivity contribution is 7.92. The van der Waals surface area contributed by atoms with Crippen molar-refractivity contribution in [1.29, 1.82) is 5.26 Å². The molecular weight excluding hydrogens is 242 g/mol. The van der Waals surface area contributed by atoms with Crippen LogP contribution in [0.2, 0.25) is 0 Å². The van der Waals surface area contributed by atoms with Gasteiger partial charge in [0.25, 0.3) is 0 Å². The minimum Gasteiger partial charge on any atom is -0.464 e. The maximum absolute atomic E-state index is 11.7. The predicted octanol–water partition coefficient (Wildman–Crippen LogP) is 1.29. The van der Waals surface area contributed by atoms with E-state index in [1.165, 1.54) is 6.92 Å². The number of nitriles is 1. The zero-order valence-corrected chi connectivity index (χ0v) is 11.3. The van der Waals surface area contributed by atoms with E-state index < -0.39 is 21.1 Å². The van der Waals surface area contributed by atoms with Crippen LogP contribution in [0, 0.1) is 17.2 Å². The average molecular weight is 261 g/mol. The second kappa shape index (κ2) is 7.28. The van der Waals surface area contributed by atoms with Gasteiger partial charge in [0.2, 0.25) is 0 Å². The van der Waals surface area contributed by atoms with Gasteiger partial charge in [0.05, 0.1) is 18.4 Å². The van der Waals surface area contributed by atoms with Gasteiger partial charge in [-0.2, -0.15) is 5.26 Å². The van der Waals surface area contributed by atoms with Gasteiger partial charge in [-0.15, -0.1) is 0 Å². The Morgan fingerprint density at radius 1 is 1.35 bits per heavy atom. The summed E-state index contributed by atoms with van der Waals surface area (Å²) in [6, 6.07) is 1.87. The summed E-state index contributed by atoms with van der Waals surface area (Å²) in [6.45, 7) is 5.29. The second-order valence-electron chi connectivity index (χ2n) is 4.29. The van der Waals surface area contributed by atoms with Crippen molar-refractivity contribution in [2.45, 2.75) is 38.9 Å². The molecule has 1 unspecified atom stereocenters. The van der Waals surface area contributed by atoms with E-state index in [2.05, 4.69) is 0 Å². The third-order valence-corrected chi connectivity index (χ3v) is 4.27. The van der Waals surface area contributed by atoms with Crippen molar-refractivity contribution in [2.24, 2.45) is 5.92 Å². The van der Waals surface area contributed by atoms with Crippen LogP contribution in [0.1, 0.15) is 33.6 Å². The normalized spacial score (nSPS) is 13.1. The second-order valence-corrected chi connectivity index (χ2v) is 6.74. The molecule has 0 aromatic heterocycles. The van der Waals surface area contributed by atoms with Gasteiger partial charge in [-0.3, -0.25) is 4.79 Å². The molecule has 0 N–H and O–H groups in total. The number of hydrogen-bond donors (Lipinski definition) is 0. The SMILES string of the molecule is CC(C)COC(=O)C(C)S(=O)(=O)CCCC#N. The van der Waals surface area contributed by atoms with E-state index in [1.807, 2.05) is 19.9 Å². The Bertz CT molecular complexity index is 381. The molecule has 0 aliphatic rings. The van der Waals surface area contributed by atoms with Gasteiger partial charge in [-0.1, -0.05) is 13.8 Å². The largest absolute Gasteiger partial charge is 0.464 e. The average Bonchev–Trinajstić information content (AvgIpc) is 2.25. The van der Waals surface area contributed by atoms with E-state index in [4.69, 9.17) is 10.00 Å². The van der Waals surface area contributed by atoms with Gasteiger partial charge in [-0.05, 0) is 19.3 Å². The Morgan fingerprint density at radius 2 is 1.94 bits per heavy atom. The highest BCUT2D eigenvalue weighted by atomic mass is 32.2. The number of carbonyl (C=O) groups is 1. The van der Waals surface area contributed by atoms with Crippen LogP contribution in [0.5, 0.6) is 0 Å². The molecule has 0 amide bonds.